The summed E-state index contributed by atoms with van der Waals surface area (Å²) in [7, 11) is 0. The van der Waals surface area contributed by atoms with Crippen LogP contribution in [0, 0.1) is 0 Å². The Morgan fingerprint density at radius 2 is 1.67 bits per heavy atom. The molecule has 1 fully saturated rings. The van der Waals surface area contributed by atoms with Gasteiger partial charge in [0.2, 0.25) is 0 Å². The topological polar surface area (TPSA) is 9.23 Å². The smallest absolute Gasteiger partial charge is 0.273 e. The Kier molecular flexibility index (Phi) is 4.40. The number of benzene rings is 1. The van der Waals surface area contributed by atoms with Crippen LogP contribution < -0.4 is 0 Å². The van der Waals surface area contributed by atoms with Crippen LogP contribution in [0.25, 0.3) is 0 Å². The molecular weight excluding hydrogens is 270 g/mol. The molecule has 0 unspecified atom stereocenters. The lowest BCUT2D eigenvalue weighted by molar-refractivity contribution is -0.00829. The maximum absolute atomic E-state index is 13.6. The van der Waals surface area contributed by atoms with Gasteiger partial charge in [-0.2, -0.15) is 0 Å². The first-order valence-corrected chi connectivity index (χ1v) is 7.58. The van der Waals surface area contributed by atoms with Crippen molar-refractivity contribution in [1.29, 1.82) is 0 Å². The van der Waals surface area contributed by atoms with E-state index < -0.39 is 5.92 Å². The summed E-state index contributed by atoms with van der Waals surface area (Å²) in [6.45, 7) is 7.59. The molecule has 0 N–H and O–H groups in total. The molecule has 0 aliphatic heterocycles. The Hall–Kier alpha value is -1.38. The molecule has 0 saturated heterocycles. The first kappa shape index (κ1) is 16.0. The van der Waals surface area contributed by atoms with Gasteiger partial charge in [0.25, 0.3) is 5.92 Å². The predicted octanol–water partition coefficient (Wildman–Crippen LogP) is 5.59. The Morgan fingerprint density at radius 1 is 1.10 bits per heavy atom. The van der Waals surface area contributed by atoms with E-state index in [2.05, 4.69) is 0 Å². The van der Waals surface area contributed by atoms with E-state index in [0.29, 0.717) is 6.42 Å². The molecule has 0 heterocycles. The van der Waals surface area contributed by atoms with Crippen molar-refractivity contribution in [3.63, 3.8) is 0 Å². The van der Waals surface area contributed by atoms with Gasteiger partial charge in [-0.05, 0) is 44.7 Å². The summed E-state index contributed by atoms with van der Waals surface area (Å²) in [4.78, 5) is 0. The minimum Gasteiger partial charge on any atom is -0.492 e. The first-order chi connectivity index (χ1) is 9.71. The number of rotatable bonds is 5. The average molecular weight is 294 g/mol. The lowest BCUT2D eigenvalue weighted by atomic mass is 10.0. The molecule has 0 atom stereocenters. The van der Waals surface area contributed by atoms with Crippen LogP contribution in [-0.2, 0) is 17.1 Å². The van der Waals surface area contributed by atoms with Gasteiger partial charge in [0.05, 0.1) is 0 Å². The van der Waals surface area contributed by atoms with Crippen molar-refractivity contribution in [2.45, 2.75) is 64.9 Å². The summed E-state index contributed by atoms with van der Waals surface area (Å²) in [5.74, 6) is -1.73. The molecule has 2 rings (SSSR count). The van der Waals surface area contributed by atoms with Gasteiger partial charge >= 0.3 is 0 Å². The van der Waals surface area contributed by atoms with Crippen LogP contribution in [0.5, 0.6) is 0 Å². The molecule has 1 nitrogen and oxygen atoms in total. The highest BCUT2D eigenvalue weighted by Gasteiger charge is 2.29. The maximum atomic E-state index is 13.6. The summed E-state index contributed by atoms with van der Waals surface area (Å²) < 4.78 is 33.2. The van der Waals surface area contributed by atoms with Crippen molar-refractivity contribution >= 4 is 0 Å². The van der Waals surface area contributed by atoms with Gasteiger partial charge in [-0.1, -0.05) is 31.2 Å². The fourth-order valence-corrected chi connectivity index (χ4v) is 2.20. The van der Waals surface area contributed by atoms with Crippen LogP contribution in [0.1, 0.15) is 58.1 Å². The number of allylic oxidation sites excluding steroid dienone is 2. The molecule has 0 bridgehead atoms. The summed E-state index contributed by atoms with van der Waals surface area (Å²) >= 11 is 0. The van der Waals surface area contributed by atoms with Crippen LogP contribution in [0.15, 0.2) is 35.6 Å². The largest absolute Gasteiger partial charge is 0.492 e. The quantitative estimate of drug-likeness (QED) is 0.643. The second kappa shape index (κ2) is 5.78. The summed E-state index contributed by atoms with van der Waals surface area (Å²) in [6, 6.07) is 6.64. The number of hydrogen-bond acceptors (Lipinski definition) is 1. The minimum absolute atomic E-state index is 0.0890. The van der Waals surface area contributed by atoms with Crippen LogP contribution in [0.3, 0.4) is 0 Å². The summed E-state index contributed by atoms with van der Waals surface area (Å²) in [5, 5.41) is 0. The van der Waals surface area contributed by atoms with E-state index in [1.165, 1.54) is 24.6 Å². The van der Waals surface area contributed by atoms with Crippen molar-refractivity contribution in [2.75, 3.05) is 0 Å². The number of halogens is 2. The van der Waals surface area contributed by atoms with Gasteiger partial charge < -0.3 is 4.74 Å². The van der Waals surface area contributed by atoms with E-state index in [1.54, 1.807) is 12.1 Å². The van der Waals surface area contributed by atoms with Gasteiger partial charge in [0, 0.05) is 18.4 Å². The standard InChI is InChI=1S/C18H24F2O/c1-5-18(19,20)15-10-6-13(7-11-15)12-16(14-8-9-14)21-17(2,3)4/h6-7,10-11H,5,8-9,12H2,1-4H3. The van der Waals surface area contributed by atoms with Gasteiger partial charge in [-0.3, -0.25) is 0 Å². The molecule has 0 aromatic heterocycles. The van der Waals surface area contributed by atoms with Crippen molar-refractivity contribution in [3.8, 4) is 0 Å². The number of alkyl halides is 2. The molecule has 0 radical (unpaired) electrons. The van der Waals surface area contributed by atoms with E-state index in [9.17, 15) is 8.78 Å². The van der Waals surface area contributed by atoms with Crippen LogP contribution in [-0.4, -0.2) is 5.60 Å². The van der Waals surface area contributed by atoms with Gasteiger partial charge in [-0.25, -0.2) is 8.78 Å². The highest BCUT2D eigenvalue weighted by Crippen LogP contribution is 2.36. The Bertz CT molecular complexity index is 515. The Balaban J connectivity index is 2.11. The van der Waals surface area contributed by atoms with Crippen molar-refractivity contribution in [1.82, 2.24) is 0 Å². The Morgan fingerprint density at radius 3 is 2.10 bits per heavy atom. The van der Waals surface area contributed by atoms with Gasteiger partial charge in [0.1, 0.15) is 11.4 Å². The zero-order chi connectivity index (χ0) is 15.7. The fourth-order valence-electron chi connectivity index (χ4n) is 2.20. The van der Waals surface area contributed by atoms with Crippen molar-refractivity contribution in [2.24, 2.45) is 0 Å². The monoisotopic (exact) mass is 294 g/mol. The summed E-state index contributed by atoms with van der Waals surface area (Å²) in [6.07, 6.45) is 2.70. The SMILES string of the molecule is CCC(F)(F)c1ccc(CC(OC(C)(C)C)=C2CC2)cc1. The first-order valence-electron chi connectivity index (χ1n) is 7.58. The molecule has 116 valence electrons. The molecule has 0 amide bonds. The van der Waals surface area contributed by atoms with Gasteiger partial charge in [-0.15, -0.1) is 0 Å². The van der Waals surface area contributed by atoms with Crippen molar-refractivity contribution < 1.29 is 13.5 Å². The normalized spacial score (nSPS) is 15.0. The highest BCUT2D eigenvalue weighted by molar-refractivity contribution is 5.31. The van der Waals surface area contributed by atoms with E-state index in [0.717, 1.165) is 24.2 Å². The third-order valence-corrected chi connectivity index (χ3v) is 3.51. The van der Waals surface area contributed by atoms with E-state index in [1.807, 2.05) is 20.8 Å². The lowest BCUT2D eigenvalue weighted by Gasteiger charge is -2.24. The molecule has 1 aliphatic carbocycles. The molecule has 1 aromatic carbocycles. The second-order valence-electron chi connectivity index (χ2n) is 6.67. The fraction of sp³-hybridized carbons (Fsp3) is 0.556. The molecule has 3 heteroatoms. The number of ether oxygens (including phenoxy) is 1. The molecule has 0 spiro atoms. The summed E-state index contributed by atoms with van der Waals surface area (Å²) in [5.41, 5.74) is 2.24. The van der Waals surface area contributed by atoms with E-state index in [4.69, 9.17) is 4.74 Å². The van der Waals surface area contributed by atoms with Gasteiger partial charge in [0.15, 0.2) is 0 Å². The molecule has 1 aliphatic rings. The predicted molar refractivity (Wildman–Crippen MR) is 81.4 cm³/mol. The van der Waals surface area contributed by atoms with Crippen molar-refractivity contribution in [3.05, 3.63) is 46.7 Å². The maximum Gasteiger partial charge on any atom is 0.273 e. The minimum atomic E-state index is -2.74. The Labute approximate surface area is 126 Å². The zero-order valence-corrected chi connectivity index (χ0v) is 13.3. The highest BCUT2D eigenvalue weighted by atomic mass is 19.3. The van der Waals surface area contributed by atoms with Crippen LogP contribution in [0.4, 0.5) is 8.78 Å². The van der Waals surface area contributed by atoms with E-state index in [-0.39, 0.29) is 17.6 Å². The third-order valence-electron chi connectivity index (χ3n) is 3.51. The molecule has 1 aromatic rings. The van der Waals surface area contributed by atoms with Crippen LogP contribution >= 0.6 is 0 Å². The molecule has 21 heavy (non-hydrogen) atoms. The lowest BCUT2D eigenvalue weighted by Crippen LogP contribution is -2.19. The van der Waals surface area contributed by atoms with E-state index >= 15 is 0 Å². The van der Waals surface area contributed by atoms with Crippen LogP contribution in [0.2, 0.25) is 0 Å². The third kappa shape index (κ3) is 4.55. The molecular formula is C18H24F2O. The molecule has 1 saturated carbocycles. The average Bonchev–Trinajstić information content (AvgIpc) is 3.21. The second-order valence-corrected chi connectivity index (χ2v) is 6.67. The zero-order valence-electron chi connectivity index (χ0n) is 13.3. The number of hydrogen-bond donors (Lipinski definition) is 0.